The van der Waals surface area contributed by atoms with Crippen LogP contribution in [0.2, 0.25) is 0 Å². The van der Waals surface area contributed by atoms with Gasteiger partial charge in [0, 0.05) is 55.8 Å². The Morgan fingerprint density at radius 1 is 1.08 bits per heavy atom. The van der Waals surface area contributed by atoms with Crippen LogP contribution in [0.15, 0.2) is 61.1 Å². The maximum absolute atomic E-state index is 13.1. The molecule has 2 N–H and O–H groups in total. The third-order valence-electron chi connectivity index (χ3n) is 5.64. The fraction of sp³-hybridized carbons (Fsp3) is 0.250. The van der Waals surface area contributed by atoms with Crippen molar-refractivity contribution in [2.75, 3.05) is 43.0 Å². The molecule has 5 rings (SSSR count). The number of aromatic nitrogens is 4. The third-order valence-corrected chi connectivity index (χ3v) is 5.64. The molecule has 1 amide bonds. The van der Waals surface area contributed by atoms with Gasteiger partial charge in [-0.15, -0.1) is 0 Å². The van der Waals surface area contributed by atoms with Crippen LogP contribution in [0.25, 0.3) is 16.8 Å². The molecule has 4 heterocycles. The molecule has 12 heteroatoms. The second kappa shape index (κ2) is 9.82. The van der Waals surface area contributed by atoms with E-state index in [2.05, 4.69) is 35.3 Å². The molecule has 0 atom stereocenters. The summed E-state index contributed by atoms with van der Waals surface area (Å²) in [6, 6.07) is 12.1. The second-order valence-corrected chi connectivity index (χ2v) is 8.14. The fourth-order valence-corrected chi connectivity index (χ4v) is 3.93. The predicted octanol–water partition coefficient (Wildman–Crippen LogP) is 3.39. The average molecular weight is 497 g/mol. The fourth-order valence-electron chi connectivity index (χ4n) is 3.93. The van der Waals surface area contributed by atoms with E-state index in [0.717, 1.165) is 31.9 Å². The number of amides is 1. The van der Waals surface area contributed by atoms with Gasteiger partial charge in [0.05, 0.1) is 17.6 Å². The summed E-state index contributed by atoms with van der Waals surface area (Å²) in [5.41, 5.74) is 3.37. The smallest absolute Gasteiger partial charge is 0.422 e. The van der Waals surface area contributed by atoms with Gasteiger partial charge in [-0.3, -0.25) is 4.79 Å². The van der Waals surface area contributed by atoms with Crippen LogP contribution < -0.4 is 20.3 Å². The van der Waals surface area contributed by atoms with Gasteiger partial charge in [-0.05, 0) is 24.3 Å². The molecule has 1 saturated heterocycles. The zero-order valence-electron chi connectivity index (χ0n) is 19.0. The quantitative estimate of drug-likeness (QED) is 0.422. The molecule has 4 aromatic rings. The number of alkyl halides is 3. The molecule has 36 heavy (non-hydrogen) atoms. The summed E-state index contributed by atoms with van der Waals surface area (Å²) in [6.07, 6.45) is 0.101. The highest BCUT2D eigenvalue weighted by atomic mass is 19.4. The van der Waals surface area contributed by atoms with Gasteiger partial charge in [0.1, 0.15) is 5.69 Å². The Hall–Kier alpha value is -4.19. The van der Waals surface area contributed by atoms with Crippen LogP contribution >= 0.6 is 0 Å². The van der Waals surface area contributed by atoms with E-state index in [-0.39, 0.29) is 17.5 Å². The van der Waals surface area contributed by atoms with Crippen molar-refractivity contribution in [3.8, 4) is 17.0 Å². The van der Waals surface area contributed by atoms with E-state index in [1.165, 1.54) is 16.8 Å². The number of pyridine rings is 1. The minimum absolute atomic E-state index is 0.149. The molecule has 9 nitrogen and oxygen atoms in total. The van der Waals surface area contributed by atoms with E-state index in [9.17, 15) is 18.0 Å². The first-order chi connectivity index (χ1) is 17.4. The van der Waals surface area contributed by atoms with Gasteiger partial charge >= 0.3 is 6.18 Å². The van der Waals surface area contributed by atoms with Gasteiger partial charge in [0.2, 0.25) is 5.88 Å². The summed E-state index contributed by atoms with van der Waals surface area (Å²) in [7, 11) is 0. The number of nitrogens with one attached hydrogen (secondary N) is 2. The summed E-state index contributed by atoms with van der Waals surface area (Å²) in [5, 5.41) is 10.5. The number of ether oxygens (including phenoxy) is 1. The Morgan fingerprint density at radius 3 is 2.64 bits per heavy atom. The lowest BCUT2D eigenvalue weighted by Gasteiger charge is -2.31. The van der Waals surface area contributed by atoms with Crippen molar-refractivity contribution < 1.29 is 22.7 Å². The van der Waals surface area contributed by atoms with Gasteiger partial charge < -0.3 is 20.3 Å². The number of carbonyl (C=O) groups excluding carboxylic acids is 1. The first-order valence-corrected chi connectivity index (χ1v) is 11.2. The molecule has 0 aliphatic carbocycles. The maximum atomic E-state index is 13.1. The summed E-state index contributed by atoms with van der Waals surface area (Å²) in [5.74, 6) is -0.523. The van der Waals surface area contributed by atoms with Gasteiger partial charge in [-0.2, -0.15) is 18.3 Å². The Balaban J connectivity index is 1.37. The molecule has 3 aromatic heterocycles. The highest BCUT2D eigenvalue weighted by Gasteiger charge is 2.28. The number of rotatable bonds is 6. The van der Waals surface area contributed by atoms with Crippen molar-refractivity contribution in [2.45, 2.75) is 6.18 Å². The number of fused-ring (bicyclic) bond motifs is 1. The van der Waals surface area contributed by atoms with Crippen molar-refractivity contribution in [2.24, 2.45) is 0 Å². The highest BCUT2D eigenvalue weighted by Crippen LogP contribution is 2.27. The Labute approximate surface area is 203 Å². The minimum Gasteiger partial charge on any atom is -0.468 e. The number of nitrogens with zero attached hydrogens (tertiary/aromatic N) is 5. The topological polar surface area (TPSA) is 96.7 Å². The largest absolute Gasteiger partial charge is 0.468 e. The molecule has 0 radical (unpaired) electrons. The molecule has 0 saturated carbocycles. The molecule has 0 bridgehead atoms. The van der Waals surface area contributed by atoms with Crippen molar-refractivity contribution in [3.05, 3.63) is 66.7 Å². The second-order valence-electron chi connectivity index (χ2n) is 8.14. The molecule has 1 fully saturated rings. The van der Waals surface area contributed by atoms with Crippen LogP contribution in [0.4, 0.5) is 24.5 Å². The molecule has 1 aliphatic heterocycles. The number of hydrogen-bond acceptors (Lipinski definition) is 7. The third kappa shape index (κ3) is 5.23. The van der Waals surface area contributed by atoms with Crippen LogP contribution in [-0.2, 0) is 0 Å². The van der Waals surface area contributed by atoms with Crippen LogP contribution in [0.5, 0.6) is 5.88 Å². The molecule has 0 unspecified atom stereocenters. The Morgan fingerprint density at radius 2 is 1.89 bits per heavy atom. The molecule has 186 valence electrons. The first-order valence-electron chi connectivity index (χ1n) is 11.2. The van der Waals surface area contributed by atoms with E-state index < -0.39 is 12.8 Å². The monoisotopic (exact) mass is 497 g/mol. The van der Waals surface area contributed by atoms with Gasteiger partial charge in [0.15, 0.2) is 12.3 Å². The lowest BCUT2D eigenvalue weighted by molar-refractivity contribution is -0.154. The Kier molecular flexibility index (Phi) is 6.42. The van der Waals surface area contributed by atoms with E-state index >= 15 is 0 Å². The molecule has 1 aliphatic rings. The number of benzene rings is 1. The van der Waals surface area contributed by atoms with Crippen LogP contribution in [0.3, 0.4) is 0 Å². The normalized spacial score (nSPS) is 14.1. The summed E-state index contributed by atoms with van der Waals surface area (Å²) >= 11 is 0. The van der Waals surface area contributed by atoms with Crippen molar-refractivity contribution in [3.63, 3.8) is 0 Å². The van der Waals surface area contributed by atoms with Crippen molar-refractivity contribution >= 4 is 22.9 Å². The minimum atomic E-state index is -4.45. The summed E-state index contributed by atoms with van der Waals surface area (Å²) in [6.45, 7) is 1.99. The number of hydrogen-bond donors (Lipinski definition) is 2. The van der Waals surface area contributed by atoms with Crippen LogP contribution in [-0.4, -0.2) is 64.5 Å². The lowest BCUT2D eigenvalue weighted by atomic mass is 10.1. The van der Waals surface area contributed by atoms with Gasteiger partial charge in [-0.25, -0.2) is 14.5 Å². The number of anilines is 2. The van der Waals surface area contributed by atoms with E-state index in [0.29, 0.717) is 22.5 Å². The van der Waals surface area contributed by atoms with Crippen molar-refractivity contribution in [1.29, 1.82) is 0 Å². The van der Waals surface area contributed by atoms with E-state index in [1.807, 2.05) is 24.3 Å². The van der Waals surface area contributed by atoms with E-state index in [4.69, 9.17) is 0 Å². The maximum Gasteiger partial charge on any atom is 0.422 e. The molecular weight excluding hydrogens is 475 g/mol. The van der Waals surface area contributed by atoms with Crippen LogP contribution in [0, 0.1) is 0 Å². The Bertz CT molecular complexity index is 1370. The number of halogens is 3. The summed E-state index contributed by atoms with van der Waals surface area (Å²) in [4.78, 5) is 23.8. The standard InChI is InChI=1S/C24H22F3N7O2/c25-24(26,27)15-36-21-6-5-16(13-29-21)17-14-30-34-10-7-19(31-22(17)34)23(35)32-18-3-1-2-4-20(18)33-11-8-28-9-12-33/h1-7,10,13-14,28H,8-9,11-12,15H2,(H,32,35). The lowest BCUT2D eigenvalue weighted by Crippen LogP contribution is -2.43. The van der Waals surface area contributed by atoms with E-state index in [1.54, 1.807) is 24.5 Å². The van der Waals surface area contributed by atoms with Gasteiger partial charge in [-0.1, -0.05) is 12.1 Å². The molecule has 0 spiro atoms. The zero-order valence-corrected chi connectivity index (χ0v) is 19.0. The number of carbonyl (C=O) groups is 1. The molecule has 1 aromatic carbocycles. The molecular formula is C24H22F3N7O2. The summed E-state index contributed by atoms with van der Waals surface area (Å²) < 4.78 is 43.3. The average Bonchev–Trinajstić information content (AvgIpc) is 3.31. The first kappa shape index (κ1) is 23.5. The number of para-hydroxylation sites is 2. The number of piperazine rings is 1. The SMILES string of the molecule is O=C(Nc1ccccc1N1CCNCC1)c1ccn2ncc(-c3ccc(OCC(F)(F)F)nc3)c2n1. The zero-order chi connectivity index (χ0) is 25.1. The van der Waals surface area contributed by atoms with Gasteiger partial charge in [0.25, 0.3) is 5.91 Å². The predicted molar refractivity (Wildman–Crippen MR) is 127 cm³/mol. The van der Waals surface area contributed by atoms with Crippen LogP contribution in [0.1, 0.15) is 10.5 Å². The van der Waals surface area contributed by atoms with Crippen molar-refractivity contribution in [1.82, 2.24) is 24.9 Å². The highest BCUT2D eigenvalue weighted by molar-refractivity contribution is 6.05.